The highest BCUT2D eigenvalue weighted by Gasteiger charge is 2.23. The summed E-state index contributed by atoms with van der Waals surface area (Å²) in [6.07, 6.45) is 2.47. The van der Waals surface area contributed by atoms with Crippen LogP contribution in [0.3, 0.4) is 0 Å². The second-order valence-electron chi connectivity index (χ2n) is 7.77. The molecule has 0 spiro atoms. The first-order chi connectivity index (χ1) is 15.6. The van der Waals surface area contributed by atoms with Crippen LogP contribution in [-0.4, -0.2) is 11.1 Å². The Kier molecular flexibility index (Phi) is 6.19. The quantitative estimate of drug-likeness (QED) is 0.0672. The number of hydrogen-bond acceptors (Lipinski definition) is 3. The van der Waals surface area contributed by atoms with E-state index in [0.29, 0.717) is 24.3 Å². The standard InChI is InChI=1S/C25H23N5O2/c26-18-10-12-21-20-13-11-19(28-29-27)16-22(20)25(17-7-3-1-4-8-17)30(23(21)15-18)14-6-2-5-9-24(31)32/h1,3-4,7-8,10-13,15-16,26H,2,5-6,9,14H2,(H,31,32)/p+1. The van der Waals surface area contributed by atoms with Gasteiger partial charge in [-0.15, -0.1) is 0 Å². The SMILES string of the molecule is [N-]=[N+]=Nc1ccc2c(c1)c(-c1ccccc1)[n+](CCCCCC(=O)O)c1cc(N)ccc21. The van der Waals surface area contributed by atoms with Gasteiger partial charge in [-0.2, -0.15) is 4.57 Å². The van der Waals surface area contributed by atoms with Gasteiger partial charge in [0.1, 0.15) is 6.54 Å². The van der Waals surface area contributed by atoms with Gasteiger partial charge < -0.3 is 10.8 Å². The first-order valence-electron chi connectivity index (χ1n) is 10.6. The minimum atomic E-state index is -0.767. The van der Waals surface area contributed by atoms with Gasteiger partial charge in [0, 0.05) is 46.1 Å². The third-order valence-corrected chi connectivity index (χ3v) is 5.61. The molecular formula is C25H24N5O2+. The van der Waals surface area contributed by atoms with Crippen molar-refractivity contribution in [1.82, 2.24) is 0 Å². The van der Waals surface area contributed by atoms with E-state index in [4.69, 9.17) is 16.4 Å². The third-order valence-electron chi connectivity index (χ3n) is 5.61. The van der Waals surface area contributed by atoms with Gasteiger partial charge in [0.25, 0.3) is 0 Å². The van der Waals surface area contributed by atoms with Gasteiger partial charge in [-0.05, 0) is 48.7 Å². The largest absolute Gasteiger partial charge is 0.481 e. The number of nitrogens with zero attached hydrogens (tertiary/aromatic N) is 4. The minimum Gasteiger partial charge on any atom is -0.481 e. The molecule has 3 aromatic carbocycles. The molecule has 7 heteroatoms. The lowest BCUT2D eigenvalue weighted by Gasteiger charge is -2.13. The van der Waals surface area contributed by atoms with E-state index >= 15 is 0 Å². The predicted molar refractivity (Wildman–Crippen MR) is 126 cm³/mol. The Balaban J connectivity index is 1.96. The highest BCUT2D eigenvalue weighted by Crippen LogP contribution is 2.34. The minimum absolute atomic E-state index is 0.178. The van der Waals surface area contributed by atoms with Gasteiger partial charge in [-0.1, -0.05) is 35.4 Å². The number of benzene rings is 3. The van der Waals surface area contributed by atoms with Crippen LogP contribution in [0.5, 0.6) is 0 Å². The highest BCUT2D eigenvalue weighted by molar-refractivity contribution is 6.10. The predicted octanol–water partition coefficient (Wildman–Crippen LogP) is 6.12. The normalized spacial score (nSPS) is 10.9. The first-order valence-corrected chi connectivity index (χ1v) is 10.6. The molecule has 0 amide bonds. The lowest BCUT2D eigenvalue weighted by atomic mass is 9.98. The smallest absolute Gasteiger partial charge is 0.303 e. The van der Waals surface area contributed by atoms with Gasteiger partial charge in [-0.3, -0.25) is 4.79 Å². The molecule has 1 aromatic heterocycles. The Labute approximate surface area is 185 Å². The van der Waals surface area contributed by atoms with Crippen molar-refractivity contribution in [2.24, 2.45) is 5.11 Å². The molecule has 0 saturated carbocycles. The topological polar surface area (TPSA) is 116 Å². The molecule has 0 aliphatic carbocycles. The molecule has 4 aromatic rings. The maximum Gasteiger partial charge on any atom is 0.303 e. The zero-order chi connectivity index (χ0) is 22.5. The Morgan fingerprint density at radius 3 is 2.50 bits per heavy atom. The molecule has 0 atom stereocenters. The number of azide groups is 1. The molecule has 0 aliphatic heterocycles. The van der Waals surface area contributed by atoms with Gasteiger partial charge in [-0.25, -0.2) is 0 Å². The van der Waals surface area contributed by atoms with Crippen molar-refractivity contribution in [2.75, 3.05) is 5.73 Å². The van der Waals surface area contributed by atoms with E-state index in [1.54, 1.807) is 0 Å². The van der Waals surface area contributed by atoms with E-state index in [9.17, 15) is 4.79 Å². The van der Waals surface area contributed by atoms with Crippen molar-refractivity contribution in [3.05, 3.63) is 77.2 Å². The maximum atomic E-state index is 10.9. The average Bonchev–Trinajstić information content (AvgIpc) is 2.79. The highest BCUT2D eigenvalue weighted by atomic mass is 16.4. The number of carboxylic acids is 1. The number of aliphatic carboxylic acids is 1. The van der Waals surface area contributed by atoms with Gasteiger partial charge in [0.05, 0.1) is 10.8 Å². The zero-order valence-corrected chi connectivity index (χ0v) is 17.6. The van der Waals surface area contributed by atoms with Crippen molar-refractivity contribution in [2.45, 2.75) is 32.2 Å². The van der Waals surface area contributed by atoms with Crippen molar-refractivity contribution in [3.8, 4) is 11.3 Å². The summed E-state index contributed by atoms with van der Waals surface area (Å²) in [5.74, 6) is -0.767. The van der Waals surface area contributed by atoms with Gasteiger partial charge in [0.15, 0.2) is 0 Å². The summed E-state index contributed by atoms with van der Waals surface area (Å²) in [5, 5.41) is 15.8. The average molecular weight is 427 g/mol. The van der Waals surface area contributed by atoms with E-state index < -0.39 is 5.97 Å². The first kappa shape index (κ1) is 21.2. The second-order valence-corrected chi connectivity index (χ2v) is 7.77. The summed E-state index contributed by atoms with van der Waals surface area (Å²) in [4.78, 5) is 13.8. The van der Waals surface area contributed by atoms with Crippen LogP contribution in [-0.2, 0) is 11.3 Å². The zero-order valence-electron chi connectivity index (χ0n) is 17.6. The third kappa shape index (κ3) is 4.33. The Bertz CT molecular complexity index is 1350. The number of aromatic nitrogens is 1. The second kappa shape index (κ2) is 9.37. The molecular weight excluding hydrogens is 402 g/mol. The number of hydrogen-bond donors (Lipinski definition) is 2. The lowest BCUT2D eigenvalue weighted by molar-refractivity contribution is -0.659. The molecule has 1 heterocycles. The number of pyridine rings is 1. The van der Waals surface area contributed by atoms with Crippen molar-refractivity contribution >= 4 is 39.0 Å². The number of anilines is 1. The fraction of sp³-hybridized carbons (Fsp3) is 0.200. The molecule has 4 rings (SSSR count). The Morgan fingerprint density at radius 1 is 0.969 bits per heavy atom. The van der Waals surface area contributed by atoms with Crippen LogP contribution in [0.4, 0.5) is 11.4 Å². The number of carbonyl (C=O) groups is 1. The molecule has 0 aliphatic rings. The van der Waals surface area contributed by atoms with E-state index in [-0.39, 0.29) is 6.42 Å². The van der Waals surface area contributed by atoms with Crippen LogP contribution in [0.15, 0.2) is 71.8 Å². The summed E-state index contributed by atoms with van der Waals surface area (Å²) < 4.78 is 2.25. The number of fused-ring (bicyclic) bond motifs is 3. The van der Waals surface area contributed by atoms with Gasteiger partial charge in [0.2, 0.25) is 11.2 Å². The van der Waals surface area contributed by atoms with E-state index in [1.807, 2.05) is 54.6 Å². The molecule has 32 heavy (non-hydrogen) atoms. The molecule has 0 bridgehead atoms. The van der Waals surface area contributed by atoms with E-state index in [0.717, 1.165) is 45.8 Å². The fourth-order valence-electron chi connectivity index (χ4n) is 4.20. The number of nitrogens with two attached hydrogens (primary N) is 1. The fourth-order valence-corrected chi connectivity index (χ4v) is 4.20. The Hall–Kier alpha value is -4.09. The summed E-state index contributed by atoms with van der Waals surface area (Å²) >= 11 is 0. The summed E-state index contributed by atoms with van der Waals surface area (Å²) in [6, 6.07) is 21.7. The lowest BCUT2D eigenvalue weighted by Crippen LogP contribution is -2.37. The Morgan fingerprint density at radius 2 is 1.75 bits per heavy atom. The maximum absolute atomic E-state index is 10.9. The molecule has 0 saturated heterocycles. The molecule has 3 N–H and O–H groups in total. The van der Waals surface area contributed by atoms with Crippen LogP contribution >= 0.6 is 0 Å². The van der Waals surface area contributed by atoms with Crippen LogP contribution in [0, 0.1) is 0 Å². The van der Waals surface area contributed by atoms with Crippen LogP contribution in [0.1, 0.15) is 25.7 Å². The summed E-state index contributed by atoms with van der Waals surface area (Å²) in [5.41, 5.74) is 19.4. The number of rotatable bonds is 8. The van der Waals surface area contributed by atoms with Crippen LogP contribution in [0.2, 0.25) is 0 Å². The number of carboxylic acid groups (broad SMARTS) is 1. The molecule has 7 nitrogen and oxygen atoms in total. The van der Waals surface area contributed by atoms with Crippen molar-refractivity contribution < 1.29 is 14.5 Å². The molecule has 0 unspecified atom stereocenters. The van der Waals surface area contributed by atoms with Gasteiger partial charge >= 0.3 is 5.97 Å². The number of nitrogen functional groups attached to an aromatic ring is 1. The number of aryl methyl sites for hydroxylation is 1. The molecule has 160 valence electrons. The van der Waals surface area contributed by atoms with Crippen LogP contribution in [0.25, 0.3) is 43.4 Å². The van der Waals surface area contributed by atoms with Crippen LogP contribution < -0.4 is 10.3 Å². The number of unbranched alkanes of at least 4 members (excludes halogenated alkanes) is 2. The molecule has 0 radical (unpaired) electrons. The van der Waals surface area contributed by atoms with Crippen molar-refractivity contribution in [1.29, 1.82) is 0 Å². The van der Waals surface area contributed by atoms with E-state index in [1.165, 1.54) is 0 Å². The summed E-state index contributed by atoms with van der Waals surface area (Å²) in [7, 11) is 0. The summed E-state index contributed by atoms with van der Waals surface area (Å²) in [6.45, 7) is 0.714. The monoisotopic (exact) mass is 426 g/mol. The molecule has 0 fully saturated rings. The van der Waals surface area contributed by atoms with E-state index in [2.05, 4.69) is 26.7 Å². The van der Waals surface area contributed by atoms with Crippen molar-refractivity contribution in [3.63, 3.8) is 0 Å².